The molecule has 1 aromatic rings. The van der Waals surface area contributed by atoms with Crippen LogP contribution in [-0.2, 0) is 0 Å². The number of hydrogen-bond acceptors (Lipinski definition) is 3. The van der Waals surface area contributed by atoms with Gasteiger partial charge in [0.05, 0.1) is 0 Å². The van der Waals surface area contributed by atoms with Crippen molar-refractivity contribution >= 4 is 11.9 Å². The van der Waals surface area contributed by atoms with Gasteiger partial charge in [0, 0.05) is 6.54 Å². The molecule has 1 aliphatic carbocycles. The molecule has 0 saturated heterocycles. The number of nitrogens with zero attached hydrogens (tertiary/aromatic N) is 1. The fourth-order valence-electron chi connectivity index (χ4n) is 2.05. The highest BCUT2D eigenvalue weighted by molar-refractivity contribution is 5.94. The molecular weight excluding hydrogens is 244 g/mol. The average Bonchev–Trinajstić information content (AvgIpc) is 2.46. The van der Waals surface area contributed by atoms with E-state index in [1.54, 1.807) is 0 Å². The van der Waals surface area contributed by atoms with Crippen LogP contribution in [0.4, 0.5) is 0 Å². The first-order valence-electron chi connectivity index (χ1n) is 6.30. The molecule has 0 radical (unpaired) electrons. The van der Waals surface area contributed by atoms with Crippen LogP contribution in [0.5, 0.6) is 0 Å². The zero-order chi connectivity index (χ0) is 13.7. The minimum atomic E-state index is -1.13. The second-order valence-electron chi connectivity index (χ2n) is 4.57. The number of carboxylic acids is 1. The molecule has 0 aliphatic heterocycles. The summed E-state index contributed by atoms with van der Waals surface area (Å²) in [4.78, 5) is 26.5. The molecular formula is C14H16N2O3. The van der Waals surface area contributed by atoms with Gasteiger partial charge >= 0.3 is 5.97 Å². The summed E-state index contributed by atoms with van der Waals surface area (Å²) >= 11 is 0. The van der Waals surface area contributed by atoms with Gasteiger partial charge in [-0.15, -0.1) is 0 Å². The Kier molecular flexibility index (Phi) is 4.28. The van der Waals surface area contributed by atoms with Crippen LogP contribution < -0.4 is 5.32 Å². The van der Waals surface area contributed by atoms with E-state index in [0.29, 0.717) is 12.5 Å². The first kappa shape index (κ1) is 13.3. The van der Waals surface area contributed by atoms with Crippen molar-refractivity contribution in [2.45, 2.75) is 19.3 Å². The minimum absolute atomic E-state index is 0.117. The smallest absolute Gasteiger partial charge is 0.354 e. The number of carboxylic acid groups (broad SMARTS) is 1. The lowest BCUT2D eigenvalue weighted by atomic mass is 9.94. The van der Waals surface area contributed by atoms with Crippen LogP contribution in [0.3, 0.4) is 0 Å². The molecule has 1 unspecified atom stereocenters. The molecule has 19 heavy (non-hydrogen) atoms. The Morgan fingerprint density at radius 3 is 2.79 bits per heavy atom. The predicted molar refractivity (Wildman–Crippen MR) is 70.0 cm³/mol. The second-order valence-corrected chi connectivity index (χ2v) is 4.57. The molecule has 1 atom stereocenters. The molecule has 1 amide bonds. The number of carbonyl (C=O) groups excluding carboxylic acids is 1. The van der Waals surface area contributed by atoms with Gasteiger partial charge in [-0.2, -0.15) is 0 Å². The van der Waals surface area contributed by atoms with Gasteiger partial charge in [-0.25, -0.2) is 9.78 Å². The molecule has 0 spiro atoms. The van der Waals surface area contributed by atoms with Crippen LogP contribution in [0.25, 0.3) is 0 Å². The number of hydrogen-bond donors (Lipinski definition) is 2. The summed E-state index contributed by atoms with van der Waals surface area (Å²) in [7, 11) is 0. The third kappa shape index (κ3) is 3.64. The van der Waals surface area contributed by atoms with E-state index in [0.717, 1.165) is 19.3 Å². The van der Waals surface area contributed by atoms with Gasteiger partial charge in [-0.05, 0) is 37.3 Å². The quantitative estimate of drug-likeness (QED) is 0.810. The van der Waals surface area contributed by atoms with Crippen molar-refractivity contribution in [1.29, 1.82) is 0 Å². The topological polar surface area (TPSA) is 79.3 Å². The molecule has 2 rings (SSSR count). The van der Waals surface area contributed by atoms with Crippen molar-refractivity contribution in [2.24, 2.45) is 5.92 Å². The van der Waals surface area contributed by atoms with E-state index >= 15 is 0 Å². The van der Waals surface area contributed by atoms with E-state index in [1.807, 2.05) is 0 Å². The molecule has 0 saturated carbocycles. The number of aromatic nitrogens is 1. The van der Waals surface area contributed by atoms with Gasteiger partial charge in [0.15, 0.2) is 0 Å². The molecule has 0 aromatic carbocycles. The molecule has 100 valence electrons. The lowest BCUT2D eigenvalue weighted by Crippen LogP contribution is -2.30. The summed E-state index contributed by atoms with van der Waals surface area (Å²) in [5.74, 6) is -0.999. The number of amides is 1. The molecule has 2 N–H and O–H groups in total. The van der Waals surface area contributed by atoms with E-state index < -0.39 is 5.97 Å². The molecule has 1 aliphatic rings. The third-order valence-electron chi connectivity index (χ3n) is 3.13. The highest BCUT2D eigenvalue weighted by Gasteiger charge is 2.14. The molecule has 5 heteroatoms. The van der Waals surface area contributed by atoms with Crippen molar-refractivity contribution in [3.05, 3.63) is 41.7 Å². The monoisotopic (exact) mass is 260 g/mol. The van der Waals surface area contributed by atoms with Crippen LogP contribution in [0.1, 0.15) is 40.2 Å². The van der Waals surface area contributed by atoms with Crippen LogP contribution >= 0.6 is 0 Å². The van der Waals surface area contributed by atoms with Crippen molar-refractivity contribution < 1.29 is 14.7 Å². The molecule has 1 aromatic heterocycles. The van der Waals surface area contributed by atoms with Gasteiger partial charge in [0.2, 0.25) is 0 Å². The minimum Gasteiger partial charge on any atom is -0.477 e. The molecule has 5 nitrogen and oxygen atoms in total. The summed E-state index contributed by atoms with van der Waals surface area (Å²) < 4.78 is 0. The van der Waals surface area contributed by atoms with Crippen LogP contribution in [0, 0.1) is 5.92 Å². The zero-order valence-corrected chi connectivity index (χ0v) is 10.5. The number of rotatable bonds is 4. The van der Waals surface area contributed by atoms with Crippen LogP contribution in [-0.4, -0.2) is 28.5 Å². The van der Waals surface area contributed by atoms with E-state index in [4.69, 9.17) is 5.11 Å². The first-order chi connectivity index (χ1) is 9.16. The Morgan fingerprint density at radius 1 is 1.32 bits per heavy atom. The summed E-state index contributed by atoms with van der Waals surface area (Å²) in [6.45, 7) is 0.599. The number of pyridine rings is 1. The lowest BCUT2D eigenvalue weighted by molar-refractivity contribution is 0.0690. The van der Waals surface area contributed by atoms with Gasteiger partial charge in [-0.1, -0.05) is 18.2 Å². The highest BCUT2D eigenvalue weighted by atomic mass is 16.4. The van der Waals surface area contributed by atoms with Crippen molar-refractivity contribution in [3.63, 3.8) is 0 Å². The summed E-state index contributed by atoms with van der Waals surface area (Å²) in [5, 5.41) is 11.6. The number of nitrogens with one attached hydrogen (secondary N) is 1. The highest BCUT2D eigenvalue weighted by Crippen LogP contribution is 2.16. The average molecular weight is 260 g/mol. The summed E-state index contributed by atoms with van der Waals surface area (Å²) in [6.07, 6.45) is 7.37. The Morgan fingerprint density at radius 2 is 2.11 bits per heavy atom. The standard InChI is InChI=1S/C14H16N2O3/c17-13(15-9-10-5-2-1-3-6-10)11-7-4-8-12(16-11)14(18)19/h1-2,4,7-8,10H,3,5-6,9H2,(H,15,17)(H,18,19). The molecule has 0 fully saturated rings. The maximum absolute atomic E-state index is 11.9. The predicted octanol–water partition coefficient (Wildman–Crippen LogP) is 1.87. The van der Waals surface area contributed by atoms with Gasteiger partial charge < -0.3 is 10.4 Å². The van der Waals surface area contributed by atoms with E-state index in [2.05, 4.69) is 22.5 Å². The summed E-state index contributed by atoms with van der Waals surface area (Å²) in [6, 6.07) is 4.41. The van der Waals surface area contributed by atoms with Gasteiger partial charge in [0.1, 0.15) is 11.4 Å². The Hall–Kier alpha value is -2.17. The van der Waals surface area contributed by atoms with Crippen molar-refractivity contribution in [1.82, 2.24) is 10.3 Å². The maximum atomic E-state index is 11.9. The van der Waals surface area contributed by atoms with Gasteiger partial charge in [-0.3, -0.25) is 4.79 Å². The first-order valence-corrected chi connectivity index (χ1v) is 6.30. The SMILES string of the molecule is O=C(O)c1cccc(C(=O)NCC2CC=CCC2)n1. The molecule has 0 bridgehead atoms. The zero-order valence-electron chi connectivity index (χ0n) is 10.5. The number of aromatic carboxylic acids is 1. The Bertz CT molecular complexity index is 511. The van der Waals surface area contributed by atoms with Crippen LogP contribution in [0.2, 0.25) is 0 Å². The Labute approximate surface area is 111 Å². The number of carbonyl (C=O) groups is 2. The van der Waals surface area contributed by atoms with E-state index in [9.17, 15) is 9.59 Å². The Balaban J connectivity index is 1.94. The second kappa shape index (κ2) is 6.13. The molecule has 1 heterocycles. The maximum Gasteiger partial charge on any atom is 0.354 e. The fourth-order valence-corrected chi connectivity index (χ4v) is 2.05. The number of allylic oxidation sites excluding steroid dienone is 2. The van der Waals surface area contributed by atoms with E-state index in [-0.39, 0.29) is 17.3 Å². The van der Waals surface area contributed by atoms with Crippen molar-refractivity contribution in [3.8, 4) is 0 Å². The van der Waals surface area contributed by atoms with E-state index in [1.165, 1.54) is 18.2 Å². The summed E-state index contributed by atoms with van der Waals surface area (Å²) in [5.41, 5.74) is 0.0273. The normalized spacial score (nSPS) is 18.0. The third-order valence-corrected chi connectivity index (χ3v) is 3.13. The van der Waals surface area contributed by atoms with Crippen molar-refractivity contribution in [2.75, 3.05) is 6.54 Å². The van der Waals surface area contributed by atoms with Gasteiger partial charge in [0.25, 0.3) is 5.91 Å². The fraction of sp³-hybridized carbons (Fsp3) is 0.357. The lowest BCUT2D eigenvalue weighted by Gasteiger charge is -2.17. The van der Waals surface area contributed by atoms with Crippen LogP contribution in [0.15, 0.2) is 30.4 Å². The largest absolute Gasteiger partial charge is 0.477 e.